The van der Waals surface area contributed by atoms with Crippen LogP contribution in [0.4, 0.5) is 0 Å². The fourth-order valence-corrected chi connectivity index (χ4v) is 2.90. The van der Waals surface area contributed by atoms with Crippen molar-refractivity contribution >= 4 is 29.9 Å². The summed E-state index contributed by atoms with van der Waals surface area (Å²) in [6.07, 6.45) is 5.19. The predicted molar refractivity (Wildman–Crippen MR) is 91.9 cm³/mol. The van der Waals surface area contributed by atoms with Crippen LogP contribution in [0.15, 0.2) is 4.99 Å². The number of hydrogen-bond acceptors (Lipinski definition) is 3. The minimum absolute atomic E-state index is 0. The lowest BCUT2D eigenvalue weighted by Gasteiger charge is -2.26. The molecule has 2 aliphatic heterocycles. The molecule has 0 bridgehead atoms. The van der Waals surface area contributed by atoms with Crippen LogP contribution in [0.1, 0.15) is 25.7 Å². The van der Waals surface area contributed by atoms with Gasteiger partial charge in [0.1, 0.15) is 0 Å². The molecule has 0 amide bonds. The third-order valence-corrected chi connectivity index (χ3v) is 3.96. The van der Waals surface area contributed by atoms with Gasteiger partial charge in [0.2, 0.25) is 0 Å². The normalized spacial score (nSPS) is 27.3. The molecule has 1 N–H and O–H groups in total. The number of hydrogen-bond donors (Lipinski definition) is 1. The lowest BCUT2D eigenvalue weighted by Crippen LogP contribution is -2.44. The predicted octanol–water partition coefficient (Wildman–Crippen LogP) is 1.72. The maximum atomic E-state index is 5.74. The molecule has 6 heteroatoms. The number of ether oxygens (including phenoxy) is 2. The molecule has 0 aliphatic carbocycles. The first-order valence-corrected chi connectivity index (χ1v) is 7.39. The van der Waals surface area contributed by atoms with Crippen LogP contribution in [-0.2, 0) is 9.47 Å². The molecular weight excluding hydrogens is 369 g/mol. The fourth-order valence-electron chi connectivity index (χ4n) is 2.90. The van der Waals surface area contributed by atoms with Crippen molar-refractivity contribution in [3.05, 3.63) is 0 Å². The topological polar surface area (TPSA) is 46.1 Å². The third kappa shape index (κ3) is 5.37. The molecule has 2 fully saturated rings. The van der Waals surface area contributed by atoms with E-state index in [0.29, 0.717) is 12.0 Å². The maximum absolute atomic E-state index is 5.74. The highest BCUT2D eigenvalue weighted by atomic mass is 127. The van der Waals surface area contributed by atoms with Gasteiger partial charge in [-0.05, 0) is 25.7 Å². The minimum Gasteiger partial charge on any atom is -0.384 e. The first-order chi connectivity index (χ1) is 9.33. The Balaban J connectivity index is 0.00000200. The monoisotopic (exact) mass is 397 g/mol. The van der Waals surface area contributed by atoms with Gasteiger partial charge in [-0.2, -0.15) is 0 Å². The Morgan fingerprint density at radius 2 is 2.25 bits per heavy atom. The van der Waals surface area contributed by atoms with Crippen LogP contribution in [0.3, 0.4) is 0 Å². The molecule has 2 atom stereocenters. The second kappa shape index (κ2) is 9.78. The van der Waals surface area contributed by atoms with Gasteiger partial charge in [0.25, 0.3) is 0 Å². The van der Waals surface area contributed by atoms with Crippen LogP contribution < -0.4 is 5.32 Å². The van der Waals surface area contributed by atoms with Crippen molar-refractivity contribution in [2.24, 2.45) is 10.9 Å². The first-order valence-electron chi connectivity index (χ1n) is 7.39. The van der Waals surface area contributed by atoms with Gasteiger partial charge in [0.05, 0.1) is 12.7 Å². The maximum Gasteiger partial charge on any atom is 0.193 e. The standard InChI is InChI=1S/C14H27N3O2.HI/c1-15-14(16-9-13-5-3-4-8-19-13)17-7-6-12(10-17)11-18-2;/h12-13H,3-11H2,1-2H3,(H,15,16);1H. The molecule has 5 nitrogen and oxygen atoms in total. The number of nitrogens with zero attached hydrogens (tertiary/aromatic N) is 2. The van der Waals surface area contributed by atoms with Crippen LogP contribution in [0.2, 0.25) is 0 Å². The Kier molecular flexibility index (Phi) is 8.79. The van der Waals surface area contributed by atoms with Gasteiger partial charge in [-0.3, -0.25) is 4.99 Å². The van der Waals surface area contributed by atoms with Gasteiger partial charge in [-0.1, -0.05) is 0 Å². The largest absolute Gasteiger partial charge is 0.384 e. The van der Waals surface area contributed by atoms with Crippen molar-refractivity contribution in [3.8, 4) is 0 Å². The van der Waals surface area contributed by atoms with Crippen molar-refractivity contribution in [1.29, 1.82) is 0 Å². The third-order valence-electron chi connectivity index (χ3n) is 3.96. The molecule has 2 aliphatic rings. The van der Waals surface area contributed by atoms with E-state index in [-0.39, 0.29) is 24.0 Å². The minimum atomic E-state index is 0. The molecule has 0 aromatic carbocycles. The molecule has 0 aromatic heterocycles. The second-order valence-corrected chi connectivity index (χ2v) is 5.47. The summed E-state index contributed by atoms with van der Waals surface area (Å²) in [6, 6.07) is 0. The lowest BCUT2D eigenvalue weighted by molar-refractivity contribution is 0.0191. The number of likely N-dealkylation sites (tertiary alicyclic amines) is 1. The van der Waals surface area contributed by atoms with Gasteiger partial charge in [-0.25, -0.2) is 0 Å². The number of halogens is 1. The van der Waals surface area contributed by atoms with Gasteiger partial charge >= 0.3 is 0 Å². The molecule has 0 radical (unpaired) electrons. The zero-order chi connectivity index (χ0) is 13.5. The Morgan fingerprint density at radius 1 is 1.40 bits per heavy atom. The smallest absolute Gasteiger partial charge is 0.193 e. The number of aliphatic imine (C=N–C) groups is 1. The van der Waals surface area contributed by atoms with E-state index in [2.05, 4.69) is 15.2 Å². The molecule has 0 saturated carbocycles. The summed E-state index contributed by atoms with van der Waals surface area (Å²) in [5.41, 5.74) is 0. The average molecular weight is 397 g/mol. The zero-order valence-corrected chi connectivity index (χ0v) is 15.0. The zero-order valence-electron chi connectivity index (χ0n) is 12.6. The highest BCUT2D eigenvalue weighted by Gasteiger charge is 2.25. The summed E-state index contributed by atoms with van der Waals surface area (Å²) in [6.45, 7) is 4.74. The van der Waals surface area contributed by atoms with E-state index < -0.39 is 0 Å². The molecule has 2 heterocycles. The van der Waals surface area contributed by atoms with Crippen molar-refractivity contribution in [2.75, 3.05) is 47.0 Å². The molecule has 2 rings (SSSR count). The number of guanidine groups is 1. The van der Waals surface area contributed by atoms with Crippen LogP contribution in [0.25, 0.3) is 0 Å². The van der Waals surface area contributed by atoms with E-state index in [0.717, 1.165) is 45.2 Å². The Labute approximate surface area is 139 Å². The molecule has 0 spiro atoms. The number of methoxy groups -OCH3 is 1. The molecule has 118 valence electrons. The van der Waals surface area contributed by atoms with E-state index in [1.807, 2.05) is 7.05 Å². The highest BCUT2D eigenvalue weighted by Crippen LogP contribution is 2.17. The van der Waals surface area contributed by atoms with E-state index in [9.17, 15) is 0 Å². The van der Waals surface area contributed by atoms with Crippen LogP contribution in [0, 0.1) is 5.92 Å². The van der Waals surface area contributed by atoms with E-state index in [4.69, 9.17) is 9.47 Å². The Hall–Kier alpha value is -0.0800. The van der Waals surface area contributed by atoms with Gasteiger partial charge in [0, 0.05) is 46.3 Å². The quantitative estimate of drug-likeness (QED) is 0.446. The van der Waals surface area contributed by atoms with Gasteiger partial charge < -0.3 is 19.7 Å². The van der Waals surface area contributed by atoms with E-state index in [1.54, 1.807) is 7.11 Å². The van der Waals surface area contributed by atoms with Crippen molar-refractivity contribution in [2.45, 2.75) is 31.8 Å². The highest BCUT2D eigenvalue weighted by molar-refractivity contribution is 14.0. The molecule has 0 aromatic rings. The molecule has 2 saturated heterocycles. The lowest BCUT2D eigenvalue weighted by atomic mass is 10.1. The summed E-state index contributed by atoms with van der Waals surface area (Å²) >= 11 is 0. The number of nitrogens with one attached hydrogen (secondary N) is 1. The molecule has 20 heavy (non-hydrogen) atoms. The summed E-state index contributed by atoms with van der Waals surface area (Å²) in [4.78, 5) is 6.71. The summed E-state index contributed by atoms with van der Waals surface area (Å²) in [7, 11) is 3.63. The number of rotatable bonds is 4. The van der Waals surface area contributed by atoms with E-state index in [1.165, 1.54) is 19.3 Å². The Bertz CT molecular complexity index is 296. The SMILES string of the molecule is CN=C(NCC1CCCCO1)N1CCC(COC)C1.I. The van der Waals surface area contributed by atoms with Crippen LogP contribution in [-0.4, -0.2) is 64.0 Å². The molecular formula is C14H28IN3O2. The average Bonchev–Trinajstić information content (AvgIpc) is 2.90. The molecule has 2 unspecified atom stereocenters. The van der Waals surface area contributed by atoms with Gasteiger partial charge in [0.15, 0.2) is 5.96 Å². The van der Waals surface area contributed by atoms with Crippen molar-refractivity contribution in [1.82, 2.24) is 10.2 Å². The first kappa shape index (κ1) is 18.0. The second-order valence-electron chi connectivity index (χ2n) is 5.47. The summed E-state index contributed by atoms with van der Waals surface area (Å²) < 4.78 is 11.0. The van der Waals surface area contributed by atoms with Crippen LogP contribution >= 0.6 is 24.0 Å². The van der Waals surface area contributed by atoms with Crippen LogP contribution in [0.5, 0.6) is 0 Å². The van der Waals surface area contributed by atoms with Crippen molar-refractivity contribution < 1.29 is 9.47 Å². The summed E-state index contributed by atoms with van der Waals surface area (Å²) in [5, 5.41) is 3.45. The van der Waals surface area contributed by atoms with Crippen molar-refractivity contribution in [3.63, 3.8) is 0 Å². The fraction of sp³-hybridized carbons (Fsp3) is 0.929. The van der Waals surface area contributed by atoms with E-state index >= 15 is 0 Å². The summed E-state index contributed by atoms with van der Waals surface area (Å²) in [5.74, 6) is 1.64. The van der Waals surface area contributed by atoms with Gasteiger partial charge in [-0.15, -0.1) is 24.0 Å². The Morgan fingerprint density at radius 3 is 2.90 bits per heavy atom.